The first-order chi connectivity index (χ1) is 9.99. The number of aromatic nitrogens is 1. The minimum atomic E-state index is -0.392. The smallest absolute Gasteiger partial charge is 0.331 e. The van der Waals surface area contributed by atoms with E-state index >= 15 is 0 Å². The van der Waals surface area contributed by atoms with Crippen molar-refractivity contribution in [1.82, 2.24) is 4.98 Å². The van der Waals surface area contributed by atoms with Gasteiger partial charge >= 0.3 is 5.97 Å². The fourth-order valence-electron chi connectivity index (χ4n) is 1.76. The predicted molar refractivity (Wildman–Crippen MR) is 89.7 cm³/mol. The molecule has 3 nitrogen and oxygen atoms in total. The molecular weight excluding hydrogens is 374 g/mol. The normalized spacial score (nSPS) is 11.5. The van der Waals surface area contributed by atoms with Crippen LogP contribution < -0.4 is 0 Å². The number of carbonyl (C=O) groups is 1. The molecule has 0 N–H and O–H groups in total. The Morgan fingerprint density at radius 3 is 2.81 bits per heavy atom. The molecule has 0 amide bonds. The van der Waals surface area contributed by atoms with Crippen molar-refractivity contribution in [3.05, 3.63) is 55.4 Å². The van der Waals surface area contributed by atoms with E-state index in [1.54, 1.807) is 25.3 Å². The highest BCUT2D eigenvalue weighted by atomic mass is 79.9. The number of ether oxygens (including phenoxy) is 1. The summed E-state index contributed by atoms with van der Waals surface area (Å²) in [5, 5.41) is 1.34. The van der Waals surface area contributed by atoms with E-state index in [-0.39, 0.29) is 0 Å². The largest absolute Gasteiger partial charge is 0.463 e. The molecule has 1 heterocycles. The molecule has 0 unspecified atom stereocenters. The third-order valence-corrected chi connectivity index (χ3v) is 4.20. The molecule has 110 valence electrons. The van der Waals surface area contributed by atoms with Gasteiger partial charge < -0.3 is 4.74 Å². The van der Waals surface area contributed by atoms with Crippen molar-refractivity contribution in [2.75, 3.05) is 6.61 Å². The molecule has 0 spiro atoms. The van der Waals surface area contributed by atoms with Gasteiger partial charge in [-0.3, -0.25) is 0 Å². The Labute approximate surface area is 140 Å². The predicted octanol–water partition coefficient (Wildman–Crippen LogP) is 4.86. The zero-order valence-electron chi connectivity index (χ0n) is 11.5. The Bertz CT molecular complexity index is 676. The zero-order chi connectivity index (χ0) is 15.4. The van der Waals surface area contributed by atoms with Crippen LogP contribution in [0.4, 0.5) is 0 Å². The number of carbonyl (C=O) groups excluding carboxylic acids is 1. The topological polar surface area (TPSA) is 39.2 Å². The molecule has 2 aromatic rings. The molecule has 0 saturated carbocycles. The van der Waals surface area contributed by atoms with Crippen LogP contribution in [-0.2, 0) is 9.53 Å². The quantitative estimate of drug-likeness (QED) is 0.556. The van der Waals surface area contributed by atoms with Gasteiger partial charge in [-0.25, -0.2) is 9.78 Å². The third kappa shape index (κ3) is 4.40. The molecule has 2 rings (SSSR count). The maximum Gasteiger partial charge on any atom is 0.331 e. The molecule has 0 saturated heterocycles. The molecule has 0 aliphatic heterocycles. The van der Waals surface area contributed by atoms with E-state index in [4.69, 9.17) is 16.3 Å². The average Bonchev–Trinajstić information content (AvgIpc) is 2.81. The van der Waals surface area contributed by atoms with Crippen molar-refractivity contribution in [2.24, 2.45) is 0 Å². The highest BCUT2D eigenvalue weighted by Gasteiger charge is 2.13. The standard InChI is InChI=1S/C15H13BrClNO2S/c1-3-20-14(19)7-13(15-18-8-9(2)21-15)10-4-11(16)6-12(17)5-10/h4-8H,3H2,1-2H3. The molecule has 0 aliphatic carbocycles. The maximum atomic E-state index is 11.8. The summed E-state index contributed by atoms with van der Waals surface area (Å²) in [5.41, 5.74) is 1.52. The minimum absolute atomic E-state index is 0.332. The van der Waals surface area contributed by atoms with E-state index in [1.807, 2.05) is 13.0 Å². The number of halogens is 2. The number of hydrogen-bond donors (Lipinski definition) is 0. The second-order valence-electron chi connectivity index (χ2n) is 4.24. The van der Waals surface area contributed by atoms with Gasteiger partial charge in [-0.05, 0) is 37.6 Å². The number of aryl methyl sites for hydroxylation is 1. The van der Waals surface area contributed by atoms with Crippen LogP contribution in [0.25, 0.3) is 5.57 Å². The number of nitrogens with zero attached hydrogens (tertiary/aromatic N) is 1. The number of rotatable bonds is 4. The molecule has 0 bridgehead atoms. The summed E-state index contributed by atoms with van der Waals surface area (Å²) in [4.78, 5) is 17.2. The van der Waals surface area contributed by atoms with Gasteiger partial charge in [0.2, 0.25) is 0 Å². The van der Waals surface area contributed by atoms with Gasteiger partial charge in [-0.1, -0.05) is 27.5 Å². The lowest BCUT2D eigenvalue weighted by Gasteiger charge is -2.07. The first-order valence-electron chi connectivity index (χ1n) is 6.27. The summed E-state index contributed by atoms with van der Waals surface area (Å²) < 4.78 is 5.84. The van der Waals surface area contributed by atoms with Crippen molar-refractivity contribution >= 4 is 50.4 Å². The summed E-state index contributed by atoms with van der Waals surface area (Å²) >= 11 is 11.0. The highest BCUT2D eigenvalue weighted by Crippen LogP contribution is 2.31. The SMILES string of the molecule is CCOC(=O)C=C(c1cc(Cl)cc(Br)c1)c1ncc(C)s1. The minimum Gasteiger partial charge on any atom is -0.463 e. The van der Waals surface area contributed by atoms with Crippen molar-refractivity contribution in [1.29, 1.82) is 0 Å². The Morgan fingerprint density at radius 1 is 1.48 bits per heavy atom. The monoisotopic (exact) mass is 385 g/mol. The number of esters is 1. The van der Waals surface area contributed by atoms with Gasteiger partial charge in [0, 0.05) is 32.2 Å². The van der Waals surface area contributed by atoms with E-state index in [1.165, 1.54) is 17.4 Å². The van der Waals surface area contributed by atoms with Gasteiger partial charge in [0.1, 0.15) is 5.01 Å². The van der Waals surface area contributed by atoms with Crippen LogP contribution >= 0.6 is 38.9 Å². The molecule has 0 radical (unpaired) electrons. The average molecular weight is 387 g/mol. The Morgan fingerprint density at radius 2 is 2.24 bits per heavy atom. The molecule has 0 fully saturated rings. The molecule has 6 heteroatoms. The Hall–Kier alpha value is -1.17. The van der Waals surface area contributed by atoms with Gasteiger partial charge in [-0.2, -0.15) is 0 Å². The van der Waals surface area contributed by atoms with Crippen LogP contribution in [0.15, 0.2) is 34.9 Å². The van der Waals surface area contributed by atoms with E-state index in [9.17, 15) is 4.79 Å². The summed E-state index contributed by atoms with van der Waals surface area (Å²) in [6, 6.07) is 5.49. The maximum absolute atomic E-state index is 11.8. The first-order valence-corrected chi connectivity index (χ1v) is 8.26. The van der Waals surface area contributed by atoms with Crippen LogP contribution in [0.2, 0.25) is 5.02 Å². The van der Waals surface area contributed by atoms with Gasteiger partial charge in [-0.15, -0.1) is 11.3 Å². The van der Waals surface area contributed by atoms with Crippen molar-refractivity contribution in [2.45, 2.75) is 13.8 Å². The lowest BCUT2D eigenvalue weighted by atomic mass is 10.1. The summed E-state index contributed by atoms with van der Waals surface area (Å²) in [6.45, 7) is 4.07. The zero-order valence-corrected chi connectivity index (χ0v) is 14.7. The summed E-state index contributed by atoms with van der Waals surface area (Å²) in [7, 11) is 0. The lowest BCUT2D eigenvalue weighted by Crippen LogP contribution is -2.01. The second kappa shape index (κ2) is 7.20. The number of hydrogen-bond acceptors (Lipinski definition) is 4. The molecule has 0 atom stereocenters. The molecule has 0 aliphatic rings. The Balaban J connectivity index is 2.52. The summed E-state index contributed by atoms with van der Waals surface area (Å²) in [5.74, 6) is -0.392. The first kappa shape index (κ1) is 16.2. The van der Waals surface area contributed by atoms with Crippen LogP contribution in [-0.4, -0.2) is 17.6 Å². The number of thiazole rings is 1. The van der Waals surface area contributed by atoms with Crippen LogP contribution in [0, 0.1) is 6.92 Å². The van der Waals surface area contributed by atoms with Gasteiger partial charge in [0.05, 0.1) is 6.61 Å². The van der Waals surface area contributed by atoms with Crippen molar-refractivity contribution in [3.8, 4) is 0 Å². The molecule has 1 aromatic heterocycles. The second-order valence-corrected chi connectivity index (χ2v) is 6.83. The van der Waals surface area contributed by atoms with Crippen LogP contribution in [0.1, 0.15) is 22.4 Å². The van der Waals surface area contributed by atoms with E-state index in [0.717, 1.165) is 19.9 Å². The third-order valence-electron chi connectivity index (χ3n) is 2.57. The molecule has 21 heavy (non-hydrogen) atoms. The van der Waals surface area contributed by atoms with Crippen molar-refractivity contribution < 1.29 is 9.53 Å². The van der Waals surface area contributed by atoms with Crippen molar-refractivity contribution in [3.63, 3.8) is 0 Å². The molecular formula is C15H13BrClNO2S. The highest BCUT2D eigenvalue weighted by molar-refractivity contribution is 9.10. The summed E-state index contributed by atoms with van der Waals surface area (Å²) in [6.07, 6.45) is 3.23. The van der Waals surface area contributed by atoms with Gasteiger partial charge in [0.15, 0.2) is 0 Å². The van der Waals surface area contributed by atoms with E-state index in [2.05, 4.69) is 20.9 Å². The fraction of sp³-hybridized carbons (Fsp3) is 0.200. The van der Waals surface area contributed by atoms with Gasteiger partial charge in [0.25, 0.3) is 0 Å². The van der Waals surface area contributed by atoms with Crippen LogP contribution in [0.3, 0.4) is 0 Å². The molecule has 1 aromatic carbocycles. The van der Waals surface area contributed by atoms with Crippen LogP contribution in [0.5, 0.6) is 0 Å². The van der Waals surface area contributed by atoms with E-state index in [0.29, 0.717) is 17.2 Å². The van der Waals surface area contributed by atoms with E-state index < -0.39 is 5.97 Å². The fourth-order valence-corrected chi connectivity index (χ4v) is 3.42. The Kier molecular flexibility index (Phi) is 5.56. The lowest BCUT2D eigenvalue weighted by molar-refractivity contribution is -0.137. The number of benzene rings is 1.